The molecule has 2 aromatic heterocycles. The molecule has 0 bridgehead atoms. The summed E-state index contributed by atoms with van der Waals surface area (Å²) in [5.74, 6) is -1.17. The van der Waals surface area contributed by atoms with Gasteiger partial charge in [-0.25, -0.2) is 14.2 Å². The van der Waals surface area contributed by atoms with E-state index < -0.39 is 54.1 Å². The highest BCUT2D eigenvalue weighted by atomic mass is 16.6. The van der Waals surface area contributed by atoms with E-state index in [9.17, 15) is 24.0 Å². The molecule has 12 nitrogen and oxygen atoms in total. The molecule has 47 heavy (non-hydrogen) atoms. The van der Waals surface area contributed by atoms with Crippen molar-refractivity contribution in [1.29, 1.82) is 0 Å². The van der Waals surface area contributed by atoms with E-state index in [2.05, 4.69) is 19.2 Å². The van der Waals surface area contributed by atoms with Gasteiger partial charge in [-0.15, -0.1) is 0 Å². The van der Waals surface area contributed by atoms with Gasteiger partial charge < -0.3 is 29.2 Å². The maximum absolute atomic E-state index is 13.7. The van der Waals surface area contributed by atoms with E-state index in [-0.39, 0.29) is 12.2 Å². The number of pyridine rings is 1. The molecule has 1 atom stereocenters. The molecule has 0 radical (unpaired) electrons. The molecule has 3 amide bonds. The first kappa shape index (κ1) is 33.5. The number of fused-ring (bicyclic) bond motifs is 1. The summed E-state index contributed by atoms with van der Waals surface area (Å²) in [5, 5.41) is 3.22. The molecule has 0 spiro atoms. The minimum Gasteiger partial charge on any atom is -0.443 e. The van der Waals surface area contributed by atoms with E-state index in [0.717, 1.165) is 21.9 Å². The SMILES string of the molecule is [2H]C([2H])(C/C=C/C(=O)N(C)C)C(OC(=O)N(C)C)C(=O)Nc1cccn(Cc2cc3cccc(CC(C)C)c3n2C(=O)OC(C)(C)C)c1=O. The molecule has 0 aliphatic carbocycles. The Kier molecular flexibility index (Phi) is 11.1. The van der Waals surface area contributed by atoms with Crippen molar-refractivity contribution in [2.24, 2.45) is 5.92 Å². The summed E-state index contributed by atoms with van der Waals surface area (Å²) in [4.78, 5) is 67.6. The zero-order chi connectivity index (χ0) is 36.8. The lowest BCUT2D eigenvalue weighted by atomic mass is 10.0. The van der Waals surface area contributed by atoms with Gasteiger partial charge in [0.15, 0.2) is 6.10 Å². The predicted molar refractivity (Wildman–Crippen MR) is 182 cm³/mol. The maximum Gasteiger partial charge on any atom is 0.419 e. The van der Waals surface area contributed by atoms with Gasteiger partial charge in [0.25, 0.3) is 11.5 Å². The summed E-state index contributed by atoms with van der Waals surface area (Å²) in [6.45, 7) is 9.41. The van der Waals surface area contributed by atoms with Crippen molar-refractivity contribution in [1.82, 2.24) is 18.9 Å². The molecule has 0 aliphatic rings. The Morgan fingerprint density at radius 1 is 1.04 bits per heavy atom. The van der Waals surface area contributed by atoms with Crippen LogP contribution >= 0.6 is 0 Å². The molecule has 3 rings (SSSR count). The second kappa shape index (κ2) is 15.6. The Morgan fingerprint density at radius 2 is 1.74 bits per heavy atom. The molecule has 2 heterocycles. The van der Waals surface area contributed by atoms with Gasteiger partial charge in [-0.2, -0.15) is 0 Å². The van der Waals surface area contributed by atoms with Crippen LogP contribution in [0.3, 0.4) is 0 Å². The first-order valence-corrected chi connectivity index (χ1v) is 15.3. The lowest BCUT2D eigenvalue weighted by molar-refractivity contribution is -0.125. The van der Waals surface area contributed by atoms with E-state index in [4.69, 9.17) is 12.2 Å². The van der Waals surface area contributed by atoms with Gasteiger partial charge in [-0.1, -0.05) is 38.1 Å². The quantitative estimate of drug-likeness (QED) is 0.280. The van der Waals surface area contributed by atoms with Crippen LogP contribution in [0, 0.1) is 5.92 Å². The summed E-state index contributed by atoms with van der Waals surface area (Å²) >= 11 is 0. The minimum atomic E-state index is -2.46. The molecule has 0 aliphatic heterocycles. The number of hydrogen-bond acceptors (Lipinski definition) is 7. The topological polar surface area (TPSA) is 132 Å². The van der Waals surface area contributed by atoms with Crippen LogP contribution in [0.5, 0.6) is 0 Å². The molecule has 1 unspecified atom stereocenters. The summed E-state index contributed by atoms with van der Waals surface area (Å²) in [6.07, 6.45) is -1.86. The normalized spacial score (nSPS) is 13.2. The van der Waals surface area contributed by atoms with Gasteiger partial charge in [0.1, 0.15) is 11.3 Å². The predicted octanol–water partition coefficient (Wildman–Crippen LogP) is 5.26. The first-order chi connectivity index (χ1) is 22.7. The average molecular weight is 652 g/mol. The Balaban J connectivity index is 2.02. The number of carbonyl (C=O) groups excluding carboxylic acids is 4. The van der Waals surface area contributed by atoms with Gasteiger partial charge in [-0.05, 0) is 75.7 Å². The van der Waals surface area contributed by atoms with Crippen LogP contribution < -0.4 is 10.9 Å². The zero-order valence-corrected chi connectivity index (χ0v) is 28.6. The number of likely N-dealkylation sites (N-methyl/N-ethyl adjacent to an activating group) is 1. The standard InChI is InChI=1S/C35H47N5O7/c1-23(2)20-24-14-12-15-25-21-26(40(30(24)25)34(45)47-35(3,4)5)22-39-19-13-16-27(32(39)43)36-31(42)28(46-33(44)38(8)9)17-10-11-18-29(41)37(6)7/h11-16,18-19,21,23,28H,10,17,20,22H2,1-9H3,(H,36,42)/b18-11+/i17D2. The van der Waals surface area contributed by atoms with Gasteiger partial charge >= 0.3 is 12.2 Å². The number of para-hydroxylation sites is 1. The number of benzene rings is 1. The third kappa shape index (κ3) is 10.1. The number of carbonyl (C=O) groups is 4. The number of rotatable bonds is 11. The van der Waals surface area contributed by atoms with Crippen molar-refractivity contribution in [2.75, 3.05) is 33.5 Å². The van der Waals surface area contributed by atoms with Crippen LogP contribution in [0.2, 0.25) is 0 Å². The number of anilines is 1. The molecular weight excluding hydrogens is 602 g/mol. The van der Waals surface area contributed by atoms with E-state index in [1.807, 2.05) is 24.3 Å². The largest absolute Gasteiger partial charge is 0.443 e. The fourth-order valence-electron chi connectivity index (χ4n) is 4.63. The zero-order valence-electron chi connectivity index (χ0n) is 30.6. The highest BCUT2D eigenvalue weighted by molar-refractivity contribution is 5.95. The molecule has 0 saturated heterocycles. The molecule has 3 aromatic rings. The number of nitrogens with zero attached hydrogens (tertiary/aromatic N) is 4. The Bertz CT molecular complexity index is 1780. The molecule has 12 heteroatoms. The van der Waals surface area contributed by atoms with Crippen LogP contribution in [0.4, 0.5) is 15.3 Å². The molecule has 0 fully saturated rings. The van der Waals surface area contributed by atoms with E-state index in [0.29, 0.717) is 23.5 Å². The summed E-state index contributed by atoms with van der Waals surface area (Å²) < 4.78 is 30.9. The van der Waals surface area contributed by atoms with Crippen molar-refractivity contribution in [2.45, 2.75) is 72.1 Å². The van der Waals surface area contributed by atoms with Crippen molar-refractivity contribution >= 4 is 40.6 Å². The van der Waals surface area contributed by atoms with E-state index in [1.165, 1.54) is 66.6 Å². The highest BCUT2D eigenvalue weighted by Gasteiger charge is 2.26. The monoisotopic (exact) mass is 651 g/mol. The van der Waals surface area contributed by atoms with Crippen LogP contribution in [-0.4, -0.2) is 82.8 Å². The highest BCUT2D eigenvalue weighted by Crippen LogP contribution is 2.27. The number of hydrogen-bond donors (Lipinski definition) is 1. The fourth-order valence-corrected chi connectivity index (χ4v) is 4.63. The summed E-state index contributed by atoms with van der Waals surface area (Å²) in [5.41, 5.74) is 0.480. The van der Waals surface area contributed by atoms with Crippen LogP contribution in [-0.2, 0) is 32.0 Å². The average Bonchev–Trinajstić information content (AvgIpc) is 3.35. The smallest absolute Gasteiger partial charge is 0.419 e. The van der Waals surface area contributed by atoms with Crippen molar-refractivity contribution in [3.63, 3.8) is 0 Å². The van der Waals surface area contributed by atoms with Crippen LogP contribution in [0.15, 0.2) is 59.5 Å². The number of amides is 3. The molecule has 1 aromatic carbocycles. The second-order valence-corrected chi connectivity index (χ2v) is 13.0. The first-order valence-electron chi connectivity index (χ1n) is 16.3. The molecular formula is C35H47N5O7. The third-order valence-corrected chi connectivity index (χ3v) is 6.74. The fraction of sp³-hybridized carbons (Fsp3) is 0.457. The Labute approximate surface area is 278 Å². The molecule has 0 saturated carbocycles. The van der Waals surface area contributed by atoms with Crippen molar-refractivity contribution in [3.8, 4) is 0 Å². The lowest BCUT2D eigenvalue weighted by Gasteiger charge is -2.22. The van der Waals surface area contributed by atoms with Crippen molar-refractivity contribution in [3.05, 3.63) is 76.4 Å². The number of aromatic nitrogens is 2. The van der Waals surface area contributed by atoms with Gasteiger partial charge in [0.05, 0.1) is 17.8 Å². The molecule has 1 N–H and O–H groups in total. The summed E-state index contributed by atoms with van der Waals surface area (Å²) in [7, 11) is 5.82. The summed E-state index contributed by atoms with van der Waals surface area (Å²) in [6, 6.07) is 10.4. The Morgan fingerprint density at radius 3 is 2.36 bits per heavy atom. The number of allylic oxidation sites excluding steroid dienone is 1. The molecule has 254 valence electrons. The van der Waals surface area contributed by atoms with Crippen LogP contribution in [0.1, 0.15) is 61.4 Å². The second-order valence-electron chi connectivity index (χ2n) is 13.0. The van der Waals surface area contributed by atoms with E-state index >= 15 is 0 Å². The maximum atomic E-state index is 13.7. The van der Waals surface area contributed by atoms with Gasteiger partial charge in [0, 0.05) is 42.5 Å². The minimum absolute atomic E-state index is 0.0673. The lowest BCUT2D eigenvalue weighted by Crippen LogP contribution is -2.37. The van der Waals surface area contributed by atoms with E-state index in [1.54, 1.807) is 20.8 Å². The number of ether oxygens (including phenoxy) is 2. The van der Waals surface area contributed by atoms with Gasteiger partial charge in [0.2, 0.25) is 5.91 Å². The van der Waals surface area contributed by atoms with Crippen LogP contribution in [0.25, 0.3) is 10.9 Å². The third-order valence-electron chi connectivity index (χ3n) is 6.74. The number of nitrogens with one attached hydrogen (secondary N) is 1. The van der Waals surface area contributed by atoms with Crippen molar-refractivity contribution < 1.29 is 31.4 Å². The Hall–Kier alpha value is -4.87. The van der Waals surface area contributed by atoms with Gasteiger partial charge in [-0.3, -0.25) is 14.4 Å².